The third-order valence-electron chi connectivity index (χ3n) is 4.70. The Kier molecular flexibility index (Phi) is 5.03. The van der Waals surface area contributed by atoms with Crippen LogP contribution in [0.1, 0.15) is 43.8 Å². The second kappa shape index (κ2) is 6.97. The smallest absolute Gasteiger partial charge is 0.0829 e. The van der Waals surface area contributed by atoms with Crippen LogP contribution in [-0.4, -0.2) is 35.4 Å². The molecular formula is C17H25NOS. The summed E-state index contributed by atoms with van der Waals surface area (Å²) in [5, 5.41) is 10.7. The molecule has 1 N–H and O–H groups in total. The van der Waals surface area contributed by atoms with Crippen LogP contribution in [0.4, 0.5) is 0 Å². The van der Waals surface area contributed by atoms with Crippen molar-refractivity contribution >= 4 is 11.8 Å². The SMILES string of the molecule is OC1c2ccccc2SCCC1CCN1CCCCC1. The van der Waals surface area contributed by atoms with Gasteiger partial charge in [0.1, 0.15) is 0 Å². The number of benzene rings is 1. The molecule has 2 heterocycles. The second-order valence-electron chi connectivity index (χ2n) is 6.07. The Bertz CT molecular complexity index is 431. The van der Waals surface area contributed by atoms with Crippen LogP contribution < -0.4 is 0 Å². The molecule has 0 radical (unpaired) electrons. The highest BCUT2D eigenvalue weighted by molar-refractivity contribution is 7.99. The van der Waals surface area contributed by atoms with Crippen LogP contribution in [0.3, 0.4) is 0 Å². The van der Waals surface area contributed by atoms with Crippen molar-refractivity contribution in [1.29, 1.82) is 0 Å². The number of aliphatic hydroxyl groups excluding tert-OH is 1. The molecular weight excluding hydrogens is 266 g/mol. The molecule has 20 heavy (non-hydrogen) atoms. The first-order valence-electron chi connectivity index (χ1n) is 7.97. The molecule has 1 aromatic carbocycles. The summed E-state index contributed by atoms with van der Waals surface area (Å²) in [4.78, 5) is 3.86. The molecule has 1 saturated heterocycles. The molecule has 0 spiro atoms. The van der Waals surface area contributed by atoms with Crippen LogP contribution in [0.5, 0.6) is 0 Å². The van der Waals surface area contributed by atoms with E-state index in [1.807, 2.05) is 11.8 Å². The Morgan fingerprint density at radius 2 is 1.95 bits per heavy atom. The quantitative estimate of drug-likeness (QED) is 0.918. The van der Waals surface area contributed by atoms with E-state index in [1.54, 1.807) is 0 Å². The maximum Gasteiger partial charge on any atom is 0.0829 e. The van der Waals surface area contributed by atoms with Crippen molar-refractivity contribution in [2.75, 3.05) is 25.4 Å². The lowest BCUT2D eigenvalue weighted by molar-refractivity contribution is 0.0885. The highest BCUT2D eigenvalue weighted by atomic mass is 32.2. The molecule has 2 aliphatic rings. The summed E-state index contributed by atoms with van der Waals surface area (Å²) < 4.78 is 0. The van der Waals surface area contributed by atoms with Gasteiger partial charge in [-0.3, -0.25) is 0 Å². The first-order valence-corrected chi connectivity index (χ1v) is 8.95. The Balaban J connectivity index is 1.62. The summed E-state index contributed by atoms with van der Waals surface area (Å²) in [5.74, 6) is 1.56. The first kappa shape index (κ1) is 14.4. The molecule has 3 rings (SSSR count). The summed E-state index contributed by atoms with van der Waals surface area (Å²) in [7, 11) is 0. The molecule has 1 fully saturated rings. The van der Waals surface area contributed by atoms with Crippen molar-refractivity contribution in [2.24, 2.45) is 5.92 Å². The Labute approximate surface area is 126 Å². The summed E-state index contributed by atoms with van der Waals surface area (Å²) in [6.07, 6.45) is 6.10. The van der Waals surface area contributed by atoms with Gasteiger partial charge >= 0.3 is 0 Å². The summed E-state index contributed by atoms with van der Waals surface area (Å²) in [6.45, 7) is 3.68. The van der Waals surface area contributed by atoms with Gasteiger partial charge in [0.05, 0.1) is 6.10 Å². The van der Waals surface area contributed by atoms with Gasteiger partial charge in [-0.15, -0.1) is 11.8 Å². The molecule has 0 saturated carbocycles. The summed E-state index contributed by atoms with van der Waals surface area (Å²) in [5.41, 5.74) is 1.15. The van der Waals surface area contributed by atoms with Gasteiger partial charge in [-0.05, 0) is 68.6 Å². The zero-order chi connectivity index (χ0) is 13.8. The van der Waals surface area contributed by atoms with Gasteiger partial charge in [0.2, 0.25) is 0 Å². The molecule has 0 aromatic heterocycles. The van der Waals surface area contributed by atoms with Gasteiger partial charge < -0.3 is 10.0 Å². The Hall–Kier alpha value is -0.510. The minimum Gasteiger partial charge on any atom is -0.388 e. The highest BCUT2D eigenvalue weighted by Gasteiger charge is 2.26. The molecule has 3 heteroatoms. The van der Waals surface area contributed by atoms with E-state index in [4.69, 9.17) is 0 Å². The number of likely N-dealkylation sites (tertiary alicyclic amines) is 1. The second-order valence-corrected chi connectivity index (χ2v) is 7.21. The standard InChI is InChI=1S/C17H25NOS/c19-17-14(8-12-18-10-4-1-5-11-18)9-13-20-16-7-3-2-6-15(16)17/h2-3,6-7,14,17,19H,1,4-5,8-13H2. The predicted octanol–water partition coefficient (Wildman–Crippen LogP) is 3.71. The highest BCUT2D eigenvalue weighted by Crippen LogP contribution is 2.39. The average Bonchev–Trinajstić information content (AvgIpc) is 2.66. The fourth-order valence-corrected chi connectivity index (χ4v) is 4.59. The average molecular weight is 291 g/mol. The van der Waals surface area contributed by atoms with Crippen LogP contribution in [0.2, 0.25) is 0 Å². The van der Waals surface area contributed by atoms with Crippen molar-refractivity contribution in [2.45, 2.75) is 43.1 Å². The summed E-state index contributed by atoms with van der Waals surface area (Å²) in [6, 6.07) is 8.38. The van der Waals surface area contributed by atoms with Crippen LogP contribution in [0.25, 0.3) is 0 Å². The lowest BCUT2D eigenvalue weighted by Crippen LogP contribution is -2.32. The van der Waals surface area contributed by atoms with Gasteiger partial charge in [0, 0.05) is 4.90 Å². The van der Waals surface area contributed by atoms with E-state index in [0.29, 0.717) is 5.92 Å². The molecule has 110 valence electrons. The fraction of sp³-hybridized carbons (Fsp3) is 0.647. The van der Waals surface area contributed by atoms with E-state index in [-0.39, 0.29) is 6.10 Å². The van der Waals surface area contributed by atoms with Gasteiger partial charge in [0.15, 0.2) is 0 Å². The van der Waals surface area contributed by atoms with E-state index in [2.05, 4.69) is 29.2 Å². The van der Waals surface area contributed by atoms with Crippen molar-refractivity contribution in [3.05, 3.63) is 29.8 Å². The number of hydrogen-bond acceptors (Lipinski definition) is 3. The first-order chi connectivity index (χ1) is 9.84. The van der Waals surface area contributed by atoms with Crippen LogP contribution in [0.15, 0.2) is 29.2 Å². The fourth-order valence-electron chi connectivity index (χ4n) is 3.42. The van der Waals surface area contributed by atoms with Crippen molar-refractivity contribution < 1.29 is 5.11 Å². The van der Waals surface area contributed by atoms with Gasteiger partial charge in [-0.2, -0.15) is 0 Å². The third-order valence-corrected chi connectivity index (χ3v) is 5.82. The molecule has 0 amide bonds. The van der Waals surface area contributed by atoms with E-state index >= 15 is 0 Å². The van der Waals surface area contributed by atoms with Crippen LogP contribution >= 0.6 is 11.8 Å². The third kappa shape index (κ3) is 3.38. The zero-order valence-electron chi connectivity index (χ0n) is 12.1. The van der Waals surface area contributed by atoms with E-state index in [9.17, 15) is 5.11 Å². The summed E-state index contributed by atoms with van der Waals surface area (Å²) >= 11 is 1.90. The van der Waals surface area contributed by atoms with Gasteiger partial charge in [0.25, 0.3) is 0 Å². The minimum atomic E-state index is -0.272. The largest absolute Gasteiger partial charge is 0.388 e. The lowest BCUT2D eigenvalue weighted by atomic mass is 9.90. The molecule has 1 aromatic rings. The molecule has 0 bridgehead atoms. The van der Waals surface area contributed by atoms with Crippen molar-refractivity contribution in [1.82, 2.24) is 4.90 Å². The number of aliphatic hydroxyl groups is 1. The van der Waals surface area contributed by atoms with Crippen LogP contribution in [-0.2, 0) is 0 Å². The van der Waals surface area contributed by atoms with E-state index < -0.39 is 0 Å². The monoisotopic (exact) mass is 291 g/mol. The molecule has 2 nitrogen and oxygen atoms in total. The number of thioether (sulfide) groups is 1. The number of hydrogen-bond donors (Lipinski definition) is 1. The Morgan fingerprint density at radius 3 is 2.80 bits per heavy atom. The van der Waals surface area contributed by atoms with Crippen molar-refractivity contribution in [3.8, 4) is 0 Å². The topological polar surface area (TPSA) is 23.5 Å². The number of fused-ring (bicyclic) bond motifs is 1. The molecule has 2 unspecified atom stereocenters. The minimum absolute atomic E-state index is 0.272. The number of nitrogens with zero attached hydrogens (tertiary/aromatic N) is 1. The molecule has 2 atom stereocenters. The normalized spacial score (nSPS) is 27.9. The molecule has 0 aliphatic carbocycles. The predicted molar refractivity (Wildman–Crippen MR) is 85.1 cm³/mol. The number of piperidine rings is 1. The van der Waals surface area contributed by atoms with Gasteiger partial charge in [-0.1, -0.05) is 24.6 Å². The van der Waals surface area contributed by atoms with E-state index in [0.717, 1.165) is 30.7 Å². The maximum absolute atomic E-state index is 10.7. The van der Waals surface area contributed by atoms with Crippen molar-refractivity contribution in [3.63, 3.8) is 0 Å². The van der Waals surface area contributed by atoms with Gasteiger partial charge in [-0.25, -0.2) is 0 Å². The molecule has 2 aliphatic heterocycles. The zero-order valence-corrected chi connectivity index (χ0v) is 12.9. The number of rotatable bonds is 3. The lowest BCUT2D eigenvalue weighted by Gasteiger charge is -2.29. The Morgan fingerprint density at radius 1 is 1.15 bits per heavy atom. The maximum atomic E-state index is 10.7. The van der Waals surface area contributed by atoms with E-state index in [1.165, 1.54) is 37.2 Å². The van der Waals surface area contributed by atoms with Crippen LogP contribution in [0, 0.1) is 5.92 Å².